The second-order valence-electron chi connectivity index (χ2n) is 13.8. The van der Waals surface area contributed by atoms with E-state index in [1.807, 2.05) is 41.1 Å². The number of ether oxygens (including phenoxy) is 1. The lowest BCUT2D eigenvalue weighted by molar-refractivity contribution is -0.692. The van der Waals surface area contributed by atoms with Crippen LogP contribution in [0.25, 0.3) is 0 Å². The number of benzene rings is 6. The average Bonchev–Trinajstić information content (AvgIpc) is 3.32. The van der Waals surface area contributed by atoms with Crippen LogP contribution in [0.15, 0.2) is 73.2 Å². The van der Waals surface area contributed by atoms with Crippen LogP contribution in [0.5, 0.6) is 11.6 Å². The van der Waals surface area contributed by atoms with Crippen molar-refractivity contribution in [1.82, 2.24) is 4.98 Å². The number of carboxylic acid groups (broad SMARTS) is 1. The van der Waals surface area contributed by atoms with Crippen LogP contribution in [0, 0.1) is 116 Å². The topological polar surface area (TPSA) is 63.3 Å². The van der Waals surface area contributed by atoms with E-state index >= 15 is 35.1 Å². The number of aromatic nitrogens is 2. The molecule has 0 unspecified atom stereocenters. The van der Waals surface area contributed by atoms with E-state index in [1.54, 1.807) is 24.5 Å². The van der Waals surface area contributed by atoms with Gasteiger partial charge in [-0.2, -0.15) is 4.57 Å². The van der Waals surface area contributed by atoms with Crippen LogP contribution in [0.3, 0.4) is 0 Å². The number of halogens is 20. The summed E-state index contributed by atoms with van der Waals surface area (Å²) in [4.78, 5) is 15.1. The van der Waals surface area contributed by atoms with Gasteiger partial charge in [0.2, 0.25) is 0 Å². The van der Waals surface area contributed by atoms with Crippen LogP contribution in [-0.2, 0) is 6.54 Å². The SMILES string of the molecule is Fc1c(F)c(F)c([B-](c2c(F)c(F)c(F)c(F)c2F)(c2c(F)c(F)c(F)c(F)c2F)c2c(F)c(F)c(F)c(F)c2F)c(F)c1F.O=C(O)c1cccc(Oc2cncc[n+]2Cc2ccccc2)c1. The van der Waals surface area contributed by atoms with E-state index in [-0.39, 0.29) is 5.56 Å². The Morgan fingerprint density at radius 2 is 0.809 bits per heavy atom. The van der Waals surface area contributed by atoms with Crippen LogP contribution in [0.4, 0.5) is 87.8 Å². The Labute approximate surface area is 364 Å². The molecule has 26 heteroatoms. The van der Waals surface area contributed by atoms with Crippen molar-refractivity contribution in [3.8, 4) is 11.6 Å². The third-order valence-corrected chi connectivity index (χ3v) is 10.0. The molecule has 7 rings (SSSR count). The molecule has 0 aliphatic carbocycles. The van der Waals surface area contributed by atoms with E-state index in [0.717, 1.165) is 5.56 Å². The van der Waals surface area contributed by atoms with Crippen LogP contribution in [-0.4, -0.2) is 22.2 Å². The predicted molar refractivity (Wildman–Crippen MR) is 193 cm³/mol. The molecular formula is C42H15BF20N2O3. The molecule has 1 heterocycles. The summed E-state index contributed by atoms with van der Waals surface area (Å²) in [5.41, 5.74) is -13.0. The molecule has 68 heavy (non-hydrogen) atoms. The van der Waals surface area contributed by atoms with Gasteiger partial charge < -0.3 is 9.84 Å². The molecule has 0 atom stereocenters. The Balaban J connectivity index is 0.000000276. The van der Waals surface area contributed by atoms with Gasteiger partial charge in [0.15, 0.2) is 82.5 Å². The number of rotatable bonds is 9. The van der Waals surface area contributed by atoms with Crippen molar-refractivity contribution in [2.24, 2.45) is 0 Å². The molecule has 0 fully saturated rings. The minimum absolute atomic E-state index is 0.181. The minimum atomic E-state index is -7.22. The molecule has 0 aliphatic heterocycles. The summed E-state index contributed by atoms with van der Waals surface area (Å²) in [7, 11) is 0. The third kappa shape index (κ3) is 8.16. The number of hydrogen-bond donors (Lipinski definition) is 1. The average molecular weight is 986 g/mol. The zero-order valence-electron chi connectivity index (χ0n) is 32.4. The first-order valence-corrected chi connectivity index (χ1v) is 18.0. The lowest BCUT2D eigenvalue weighted by Crippen LogP contribution is -2.81. The third-order valence-electron chi connectivity index (χ3n) is 10.0. The zero-order valence-corrected chi connectivity index (χ0v) is 32.4. The maximum absolute atomic E-state index is 15.4. The molecule has 7 aromatic rings. The second kappa shape index (κ2) is 18.9. The van der Waals surface area contributed by atoms with Crippen molar-refractivity contribution in [2.45, 2.75) is 6.54 Å². The number of aromatic carboxylic acids is 1. The van der Waals surface area contributed by atoms with Crippen LogP contribution in [0.1, 0.15) is 15.9 Å². The van der Waals surface area contributed by atoms with Gasteiger partial charge in [0.1, 0.15) is 64.6 Å². The molecule has 0 bridgehead atoms. The Bertz CT molecular complexity index is 2800. The highest BCUT2D eigenvalue weighted by atomic mass is 19.2. The molecule has 0 saturated heterocycles. The highest BCUT2D eigenvalue weighted by Gasteiger charge is 2.52. The molecule has 1 aromatic heterocycles. The highest BCUT2D eigenvalue weighted by Crippen LogP contribution is 2.31. The number of hydrogen-bond acceptors (Lipinski definition) is 3. The quantitative estimate of drug-likeness (QED) is 0.0517. The van der Waals surface area contributed by atoms with Crippen LogP contribution < -0.4 is 31.2 Å². The number of nitrogens with zero attached hydrogens (tertiary/aromatic N) is 2. The smallest absolute Gasteiger partial charge is 0.392 e. The first kappa shape index (κ1) is 49.8. The van der Waals surface area contributed by atoms with Gasteiger partial charge in [-0.1, -0.05) is 36.4 Å². The zero-order chi connectivity index (χ0) is 50.4. The Morgan fingerprint density at radius 1 is 0.471 bits per heavy atom. The fraction of sp³-hybridized carbons (Fsp3) is 0.0238. The molecule has 5 nitrogen and oxygen atoms in total. The highest BCUT2D eigenvalue weighted by molar-refractivity contribution is 7.20. The monoisotopic (exact) mass is 986 g/mol. The molecule has 354 valence electrons. The number of carbonyl (C=O) groups is 1. The van der Waals surface area contributed by atoms with Crippen molar-refractivity contribution in [2.75, 3.05) is 0 Å². The molecule has 0 aliphatic rings. The van der Waals surface area contributed by atoms with Gasteiger partial charge in [-0.05, 0) is 18.2 Å². The summed E-state index contributed by atoms with van der Waals surface area (Å²) >= 11 is 0. The molecule has 0 radical (unpaired) electrons. The van der Waals surface area contributed by atoms with Crippen molar-refractivity contribution in [3.63, 3.8) is 0 Å². The van der Waals surface area contributed by atoms with E-state index in [2.05, 4.69) is 4.98 Å². The van der Waals surface area contributed by atoms with E-state index in [4.69, 9.17) is 9.84 Å². The van der Waals surface area contributed by atoms with Crippen LogP contribution >= 0.6 is 0 Å². The van der Waals surface area contributed by atoms with Crippen molar-refractivity contribution < 1.29 is 107 Å². The summed E-state index contributed by atoms with van der Waals surface area (Å²) in [5.74, 6) is -71.4. The largest absolute Gasteiger partial charge is 0.478 e. The second-order valence-corrected chi connectivity index (χ2v) is 13.8. The van der Waals surface area contributed by atoms with Gasteiger partial charge >= 0.3 is 11.8 Å². The van der Waals surface area contributed by atoms with Crippen LogP contribution in [0.2, 0.25) is 0 Å². The maximum atomic E-state index is 15.4. The number of carboxylic acids is 1. The summed E-state index contributed by atoms with van der Waals surface area (Å²) in [6, 6.07) is 16.4. The Morgan fingerprint density at radius 3 is 1.15 bits per heavy atom. The molecule has 1 N–H and O–H groups in total. The molecule has 0 spiro atoms. The van der Waals surface area contributed by atoms with Crippen molar-refractivity contribution in [3.05, 3.63) is 201 Å². The standard InChI is InChI=1S/C24BF20.C18H14N2O3/c26-5-1(6(27)14(35)21(42)13(5)34)25(2-7(28)15(36)22(43)16(37)8(2)29,3-9(30)17(38)23(44)18(39)10(3)31)4-11(32)19(40)24(45)20(41)12(4)33;21-18(22)15-7-4-8-16(11-15)23-17-12-19-9-10-20(17)13-14-5-2-1-3-6-14/h;1-12H,13H2/q-1;/p+1. The van der Waals surface area contributed by atoms with Gasteiger partial charge in [-0.3, -0.25) is 0 Å². The fourth-order valence-corrected chi connectivity index (χ4v) is 7.06. The Hall–Kier alpha value is -7.67. The molecular weight excluding hydrogens is 971 g/mol. The maximum Gasteiger partial charge on any atom is 0.392 e. The van der Waals surface area contributed by atoms with Gasteiger partial charge in [0.05, 0.1) is 11.8 Å². The summed E-state index contributed by atoms with van der Waals surface area (Å²) < 4.78 is 302. The van der Waals surface area contributed by atoms with Gasteiger partial charge in [0, 0.05) is 5.56 Å². The van der Waals surface area contributed by atoms with E-state index in [1.165, 1.54) is 12.1 Å². The Kier molecular flexibility index (Phi) is 13.8. The predicted octanol–water partition coefficient (Wildman–Crippen LogP) is 8.75. The fourth-order valence-electron chi connectivity index (χ4n) is 7.06. The van der Waals surface area contributed by atoms with Gasteiger partial charge in [-0.15, -0.1) is 21.9 Å². The lowest BCUT2D eigenvalue weighted by Gasteiger charge is -2.44. The van der Waals surface area contributed by atoms with E-state index < -0.39 is 150 Å². The first-order valence-electron chi connectivity index (χ1n) is 18.0. The van der Waals surface area contributed by atoms with E-state index in [0.29, 0.717) is 18.2 Å². The molecule has 0 amide bonds. The summed E-state index contributed by atoms with van der Waals surface area (Å²) in [6.45, 7) is 0.636. The van der Waals surface area contributed by atoms with E-state index in [9.17, 15) is 57.5 Å². The summed E-state index contributed by atoms with van der Waals surface area (Å²) in [6.07, 6.45) is -2.10. The molecule has 6 aromatic carbocycles. The minimum Gasteiger partial charge on any atom is -0.478 e. The molecule has 0 saturated carbocycles. The summed E-state index contributed by atoms with van der Waals surface area (Å²) in [5, 5.41) is 9.05. The van der Waals surface area contributed by atoms with Crippen molar-refractivity contribution >= 4 is 34.0 Å². The first-order chi connectivity index (χ1) is 31.9. The lowest BCUT2D eigenvalue weighted by atomic mass is 9.12. The van der Waals surface area contributed by atoms with Gasteiger partial charge in [-0.25, -0.2) is 97.6 Å². The van der Waals surface area contributed by atoms with Gasteiger partial charge in [0.25, 0.3) is 0 Å². The normalized spacial score (nSPS) is 11.4. The van der Waals surface area contributed by atoms with Crippen molar-refractivity contribution in [1.29, 1.82) is 0 Å².